The largest absolute Gasteiger partial charge is 0.390 e. The summed E-state index contributed by atoms with van der Waals surface area (Å²) in [5, 5.41) is 10.7. The van der Waals surface area contributed by atoms with Crippen LogP contribution >= 0.6 is 0 Å². The van der Waals surface area contributed by atoms with Crippen molar-refractivity contribution in [3.05, 3.63) is 30.1 Å². The van der Waals surface area contributed by atoms with Gasteiger partial charge in [-0.2, -0.15) is 0 Å². The summed E-state index contributed by atoms with van der Waals surface area (Å²) >= 11 is 0. The standard InChI is InChI=1S/C16H22N2O3/c1-18-13-6-4-3-5-12(13)17-15(18)11-14(19)16(20-2)7-9-21-10-8-16/h3-6,14,19H,7-11H2,1-2H3. The summed E-state index contributed by atoms with van der Waals surface area (Å²) < 4.78 is 13.1. The molecule has 1 atom stereocenters. The molecular weight excluding hydrogens is 268 g/mol. The monoisotopic (exact) mass is 290 g/mol. The lowest BCUT2D eigenvalue weighted by Gasteiger charge is -2.39. The van der Waals surface area contributed by atoms with Gasteiger partial charge in [0.25, 0.3) is 0 Å². The fourth-order valence-corrected chi connectivity index (χ4v) is 3.13. The summed E-state index contributed by atoms with van der Waals surface area (Å²) in [6, 6.07) is 8.01. The zero-order valence-corrected chi connectivity index (χ0v) is 12.6. The van der Waals surface area contributed by atoms with Crippen LogP contribution in [0.3, 0.4) is 0 Å². The Morgan fingerprint density at radius 3 is 2.76 bits per heavy atom. The van der Waals surface area contributed by atoms with Crippen LogP contribution in [-0.4, -0.2) is 46.7 Å². The van der Waals surface area contributed by atoms with Crippen molar-refractivity contribution < 1.29 is 14.6 Å². The first-order valence-corrected chi connectivity index (χ1v) is 7.37. The summed E-state index contributed by atoms with van der Waals surface area (Å²) in [7, 11) is 3.66. The van der Waals surface area contributed by atoms with E-state index in [-0.39, 0.29) is 0 Å². The van der Waals surface area contributed by atoms with Crippen molar-refractivity contribution in [3.63, 3.8) is 0 Å². The normalized spacial score (nSPS) is 19.8. The maximum Gasteiger partial charge on any atom is 0.112 e. The number of hydrogen-bond acceptors (Lipinski definition) is 4. The highest BCUT2D eigenvalue weighted by atomic mass is 16.5. The maximum absolute atomic E-state index is 10.7. The molecule has 3 rings (SSSR count). The molecule has 0 spiro atoms. The number of ether oxygens (including phenoxy) is 2. The summed E-state index contributed by atoms with van der Waals surface area (Å²) in [6.45, 7) is 1.26. The molecule has 1 aromatic carbocycles. The van der Waals surface area contributed by atoms with Crippen molar-refractivity contribution in [1.29, 1.82) is 0 Å². The molecule has 1 aromatic heterocycles. The Balaban J connectivity index is 1.85. The van der Waals surface area contributed by atoms with Crippen LogP contribution in [0.4, 0.5) is 0 Å². The minimum absolute atomic E-state index is 0.485. The maximum atomic E-state index is 10.7. The molecular formula is C16H22N2O3. The zero-order chi connectivity index (χ0) is 14.9. The summed E-state index contributed by atoms with van der Waals surface area (Å²) in [4.78, 5) is 4.63. The summed E-state index contributed by atoms with van der Waals surface area (Å²) in [5.41, 5.74) is 1.52. The van der Waals surface area contributed by atoms with Gasteiger partial charge in [-0.3, -0.25) is 0 Å². The molecule has 5 heteroatoms. The average molecular weight is 290 g/mol. The van der Waals surface area contributed by atoms with Crippen molar-refractivity contribution in [3.8, 4) is 0 Å². The molecule has 0 bridgehead atoms. The SMILES string of the molecule is COC1(C(O)Cc2nc3ccccc3n2C)CCOCC1. The number of aliphatic hydroxyl groups excluding tert-OH is 1. The van der Waals surface area contributed by atoms with Gasteiger partial charge in [0.15, 0.2) is 0 Å². The number of aliphatic hydroxyl groups is 1. The third-order valence-electron chi connectivity index (χ3n) is 4.61. The van der Waals surface area contributed by atoms with E-state index >= 15 is 0 Å². The molecule has 1 saturated heterocycles. The second-order valence-corrected chi connectivity index (χ2v) is 5.68. The molecule has 21 heavy (non-hydrogen) atoms. The predicted octanol–water partition coefficient (Wildman–Crippen LogP) is 1.67. The van der Waals surface area contributed by atoms with E-state index in [4.69, 9.17) is 9.47 Å². The number of nitrogens with zero attached hydrogens (tertiary/aromatic N) is 2. The van der Waals surface area contributed by atoms with Crippen molar-refractivity contribution in [2.45, 2.75) is 31.0 Å². The van der Waals surface area contributed by atoms with Gasteiger partial charge >= 0.3 is 0 Å². The van der Waals surface area contributed by atoms with Crippen LogP contribution in [0.2, 0.25) is 0 Å². The molecule has 5 nitrogen and oxygen atoms in total. The van der Waals surface area contributed by atoms with E-state index in [0.29, 0.717) is 32.5 Å². The van der Waals surface area contributed by atoms with Crippen LogP contribution in [0.15, 0.2) is 24.3 Å². The smallest absolute Gasteiger partial charge is 0.112 e. The van der Waals surface area contributed by atoms with Gasteiger partial charge in [0.05, 0.1) is 22.7 Å². The highest BCUT2D eigenvalue weighted by molar-refractivity contribution is 5.75. The molecule has 0 amide bonds. The first-order chi connectivity index (χ1) is 10.2. The Bertz CT molecular complexity index is 617. The number of fused-ring (bicyclic) bond motifs is 1. The molecule has 1 aliphatic heterocycles. The number of hydrogen-bond donors (Lipinski definition) is 1. The lowest BCUT2D eigenvalue weighted by Crippen LogP contribution is -2.49. The van der Waals surface area contributed by atoms with E-state index in [1.807, 2.05) is 35.9 Å². The van der Waals surface area contributed by atoms with E-state index < -0.39 is 11.7 Å². The molecule has 2 aromatic rings. The predicted molar refractivity (Wildman–Crippen MR) is 80.2 cm³/mol. The summed E-state index contributed by atoms with van der Waals surface area (Å²) in [5.74, 6) is 0.881. The molecule has 0 radical (unpaired) electrons. The number of benzene rings is 1. The van der Waals surface area contributed by atoms with Gasteiger partial charge in [-0.25, -0.2) is 4.98 Å². The first-order valence-electron chi connectivity index (χ1n) is 7.37. The van der Waals surface area contributed by atoms with Crippen molar-refractivity contribution in [1.82, 2.24) is 9.55 Å². The van der Waals surface area contributed by atoms with E-state index in [1.165, 1.54) is 0 Å². The fraction of sp³-hybridized carbons (Fsp3) is 0.562. The minimum Gasteiger partial charge on any atom is -0.390 e. The first kappa shape index (κ1) is 14.5. The van der Waals surface area contributed by atoms with Crippen molar-refractivity contribution >= 4 is 11.0 Å². The van der Waals surface area contributed by atoms with Gasteiger partial charge in [0.1, 0.15) is 5.82 Å². The number of para-hydroxylation sites is 2. The van der Waals surface area contributed by atoms with Gasteiger partial charge in [-0.1, -0.05) is 12.1 Å². The van der Waals surface area contributed by atoms with Crippen LogP contribution in [0, 0.1) is 0 Å². The Kier molecular flexibility index (Phi) is 3.97. The Morgan fingerprint density at radius 1 is 1.38 bits per heavy atom. The molecule has 0 saturated carbocycles. The number of imidazole rings is 1. The van der Waals surface area contributed by atoms with E-state index in [1.54, 1.807) is 7.11 Å². The molecule has 1 fully saturated rings. The molecule has 1 unspecified atom stereocenters. The third-order valence-corrected chi connectivity index (χ3v) is 4.61. The Labute approximate surface area is 124 Å². The van der Waals surface area contributed by atoms with Crippen molar-refractivity contribution in [2.75, 3.05) is 20.3 Å². The lowest BCUT2D eigenvalue weighted by molar-refractivity contribution is -0.152. The molecule has 114 valence electrons. The third kappa shape index (κ3) is 2.57. The van der Waals surface area contributed by atoms with E-state index in [0.717, 1.165) is 16.9 Å². The zero-order valence-electron chi connectivity index (χ0n) is 12.6. The van der Waals surface area contributed by atoms with Crippen LogP contribution < -0.4 is 0 Å². The van der Waals surface area contributed by atoms with Crippen LogP contribution in [0.25, 0.3) is 11.0 Å². The van der Waals surface area contributed by atoms with Gasteiger partial charge < -0.3 is 19.1 Å². The van der Waals surface area contributed by atoms with Crippen LogP contribution in [0.5, 0.6) is 0 Å². The minimum atomic E-state index is -0.582. The van der Waals surface area contributed by atoms with E-state index in [2.05, 4.69) is 4.98 Å². The van der Waals surface area contributed by atoms with E-state index in [9.17, 15) is 5.11 Å². The average Bonchev–Trinajstić information content (AvgIpc) is 2.84. The highest BCUT2D eigenvalue weighted by Gasteiger charge is 2.40. The number of aromatic nitrogens is 2. The Morgan fingerprint density at radius 2 is 2.10 bits per heavy atom. The number of aryl methyl sites for hydroxylation is 1. The molecule has 0 aliphatic carbocycles. The van der Waals surface area contributed by atoms with Gasteiger partial charge in [-0.05, 0) is 12.1 Å². The lowest BCUT2D eigenvalue weighted by atomic mass is 9.86. The topological polar surface area (TPSA) is 56.5 Å². The molecule has 1 N–H and O–H groups in total. The number of methoxy groups -OCH3 is 1. The second-order valence-electron chi connectivity index (χ2n) is 5.68. The van der Waals surface area contributed by atoms with Crippen molar-refractivity contribution in [2.24, 2.45) is 7.05 Å². The molecule has 2 heterocycles. The van der Waals surface area contributed by atoms with Crippen LogP contribution in [-0.2, 0) is 22.9 Å². The Hall–Kier alpha value is -1.43. The highest BCUT2D eigenvalue weighted by Crippen LogP contribution is 2.30. The fourth-order valence-electron chi connectivity index (χ4n) is 3.13. The summed E-state index contributed by atoms with van der Waals surface area (Å²) in [6.07, 6.45) is 1.34. The quantitative estimate of drug-likeness (QED) is 0.930. The van der Waals surface area contributed by atoms with Gasteiger partial charge in [-0.15, -0.1) is 0 Å². The molecule has 1 aliphatic rings. The van der Waals surface area contributed by atoms with Gasteiger partial charge in [0, 0.05) is 46.6 Å². The van der Waals surface area contributed by atoms with Crippen LogP contribution in [0.1, 0.15) is 18.7 Å². The van der Waals surface area contributed by atoms with Gasteiger partial charge in [0.2, 0.25) is 0 Å². The second kappa shape index (κ2) is 5.75. The number of rotatable bonds is 4.